The molecule has 0 N–H and O–H groups in total. The Morgan fingerprint density at radius 2 is 1.86 bits per heavy atom. The summed E-state index contributed by atoms with van der Waals surface area (Å²) in [4.78, 5) is 11.2. The van der Waals surface area contributed by atoms with Crippen LogP contribution < -0.4 is 0 Å². The van der Waals surface area contributed by atoms with Gasteiger partial charge in [0.2, 0.25) is 0 Å². The Bertz CT molecular complexity index is 705. The van der Waals surface area contributed by atoms with Crippen LogP contribution in [0.2, 0.25) is 0 Å². The molecule has 0 radical (unpaired) electrons. The highest BCUT2D eigenvalue weighted by molar-refractivity contribution is 7.13. The van der Waals surface area contributed by atoms with Crippen LogP contribution in [0.3, 0.4) is 0 Å². The van der Waals surface area contributed by atoms with E-state index in [1.54, 1.807) is 17.6 Å². The summed E-state index contributed by atoms with van der Waals surface area (Å²) in [5.74, 6) is 0.707. The van der Waals surface area contributed by atoms with Gasteiger partial charge in [-0.15, -0.1) is 11.3 Å². The first-order valence-electron chi connectivity index (χ1n) is 6.80. The smallest absolute Gasteiger partial charge is 0.191 e. The summed E-state index contributed by atoms with van der Waals surface area (Å²) in [7, 11) is 2.06. The van der Waals surface area contributed by atoms with Gasteiger partial charge in [0, 0.05) is 31.0 Å². The Hall–Kier alpha value is -1.98. The number of hydrogen-bond acceptors (Lipinski definition) is 5. The molecule has 4 nitrogen and oxygen atoms in total. The fraction of sp³-hybridized carbons (Fsp3) is 0.250. The molecule has 0 unspecified atom stereocenters. The zero-order chi connectivity index (χ0) is 14.7. The van der Waals surface area contributed by atoms with Gasteiger partial charge in [-0.25, -0.2) is 9.97 Å². The van der Waals surface area contributed by atoms with Crippen molar-refractivity contribution in [2.24, 2.45) is 0 Å². The quantitative estimate of drug-likeness (QED) is 0.720. The Kier molecular flexibility index (Phi) is 4.13. The molecule has 2 aromatic heterocycles. The lowest BCUT2D eigenvalue weighted by molar-refractivity contribution is 0.311. The summed E-state index contributed by atoms with van der Waals surface area (Å²) in [5, 5.41) is 3.18. The first-order valence-corrected chi connectivity index (χ1v) is 7.68. The van der Waals surface area contributed by atoms with E-state index >= 15 is 0 Å². The molecule has 2 heterocycles. The lowest BCUT2D eigenvalue weighted by Crippen LogP contribution is -2.17. The Morgan fingerprint density at radius 1 is 1.10 bits per heavy atom. The van der Waals surface area contributed by atoms with Crippen LogP contribution in [0, 0.1) is 6.92 Å². The van der Waals surface area contributed by atoms with Crippen molar-refractivity contribution in [1.29, 1.82) is 0 Å². The summed E-state index contributed by atoms with van der Waals surface area (Å²) in [6, 6.07) is 10.3. The van der Waals surface area contributed by atoms with Crippen LogP contribution in [0.1, 0.15) is 17.3 Å². The lowest BCUT2D eigenvalue weighted by atomic mass is 10.2. The molecule has 0 spiro atoms. The van der Waals surface area contributed by atoms with Gasteiger partial charge in [-0.2, -0.15) is 0 Å². The maximum atomic E-state index is 5.23. The third-order valence-corrected chi connectivity index (χ3v) is 4.04. The molecule has 21 heavy (non-hydrogen) atoms. The van der Waals surface area contributed by atoms with E-state index in [9.17, 15) is 0 Å². The van der Waals surface area contributed by atoms with E-state index in [1.807, 2.05) is 25.1 Å². The summed E-state index contributed by atoms with van der Waals surface area (Å²) in [5.41, 5.74) is 3.21. The topological polar surface area (TPSA) is 42.2 Å². The molecule has 3 rings (SSSR count). The van der Waals surface area contributed by atoms with Gasteiger partial charge < -0.3 is 4.42 Å². The van der Waals surface area contributed by atoms with Gasteiger partial charge in [-0.3, -0.25) is 4.90 Å². The van der Waals surface area contributed by atoms with Crippen molar-refractivity contribution in [1.82, 2.24) is 14.9 Å². The van der Waals surface area contributed by atoms with E-state index in [0.29, 0.717) is 5.89 Å². The number of benzene rings is 1. The maximum Gasteiger partial charge on any atom is 0.191 e. The summed E-state index contributed by atoms with van der Waals surface area (Å²) < 4.78 is 5.23. The van der Waals surface area contributed by atoms with Crippen LogP contribution in [-0.2, 0) is 13.1 Å². The second-order valence-corrected chi connectivity index (χ2v) is 5.90. The summed E-state index contributed by atoms with van der Waals surface area (Å²) in [6.07, 6.45) is 1.71. The zero-order valence-corrected chi connectivity index (χ0v) is 12.9. The average molecular weight is 299 g/mol. The number of oxazole rings is 1. The predicted octanol–water partition coefficient (Wildman–Crippen LogP) is 3.74. The number of aryl methyl sites for hydroxylation is 1. The molecule has 0 atom stereocenters. The number of hydrogen-bond donors (Lipinski definition) is 0. The minimum absolute atomic E-state index is 0.707. The molecule has 0 bridgehead atoms. The molecule has 0 fully saturated rings. The Labute approximate surface area is 128 Å². The fourth-order valence-corrected chi connectivity index (χ4v) is 3.00. The molecule has 108 valence electrons. The monoisotopic (exact) mass is 299 g/mol. The van der Waals surface area contributed by atoms with Gasteiger partial charge >= 0.3 is 0 Å². The normalized spacial score (nSPS) is 11.2. The maximum absolute atomic E-state index is 5.23. The van der Waals surface area contributed by atoms with Crippen LogP contribution in [0.4, 0.5) is 0 Å². The van der Waals surface area contributed by atoms with Gasteiger partial charge in [-0.05, 0) is 7.05 Å². The predicted molar refractivity (Wildman–Crippen MR) is 84.0 cm³/mol. The van der Waals surface area contributed by atoms with Crippen molar-refractivity contribution in [3.63, 3.8) is 0 Å². The average Bonchev–Trinajstić information content (AvgIpc) is 3.09. The Balaban J connectivity index is 1.64. The van der Waals surface area contributed by atoms with Crippen molar-refractivity contribution in [3.05, 3.63) is 59.3 Å². The molecule has 0 aliphatic carbocycles. The molecule has 3 aromatic rings. The highest BCUT2D eigenvalue weighted by Gasteiger charge is 2.09. The molecular weight excluding hydrogens is 282 g/mol. The molecule has 0 aliphatic heterocycles. The standard InChI is InChI=1S/C16H17N3OS/c1-12-17-14(10-20-12)8-19(2)9-15-11-21-16(18-15)13-6-4-3-5-7-13/h3-7,10-11H,8-9H2,1-2H3. The third kappa shape index (κ3) is 3.56. The molecular formula is C16H17N3OS. The van der Waals surface area contributed by atoms with Crippen molar-refractivity contribution < 1.29 is 4.42 Å². The highest BCUT2D eigenvalue weighted by Crippen LogP contribution is 2.23. The van der Waals surface area contributed by atoms with E-state index in [4.69, 9.17) is 9.40 Å². The van der Waals surface area contributed by atoms with E-state index in [0.717, 1.165) is 29.5 Å². The van der Waals surface area contributed by atoms with Crippen LogP contribution in [0.15, 0.2) is 46.4 Å². The summed E-state index contributed by atoms with van der Waals surface area (Å²) in [6.45, 7) is 3.42. The second-order valence-electron chi connectivity index (χ2n) is 5.04. The second kappa shape index (κ2) is 6.20. The number of thiazole rings is 1. The zero-order valence-electron chi connectivity index (χ0n) is 12.1. The molecule has 0 saturated carbocycles. The van der Waals surface area contributed by atoms with Gasteiger partial charge in [0.1, 0.15) is 11.3 Å². The van der Waals surface area contributed by atoms with E-state index < -0.39 is 0 Å². The molecule has 5 heteroatoms. The molecule has 0 saturated heterocycles. The van der Waals surface area contributed by atoms with Crippen LogP contribution >= 0.6 is 11.3 Å². The number of aromatic nitrogens is 2. The van der Waals surface area contributed by atoms with Gasteiger partial charge in [0.15, 0.2) is 5.89 Å². The van der Waals surface area contributed by atoms with Crippen molar-refractivity contribution in [2.45, 2.75) is 20.0 Å². The van der Waals surface area contributed by atoms with Gasteiger partial charge in [0.25, 0.3) is 0 Å². The highest BCUT2D eigenvalue weighted by atomic mass is 32.1. The largest absolute Gasteiger partial charge is 0.449 e. The molecule has 0 aliphatic rings. The lowest BCUT2D eigenvalue weighted by Gasteiger charge is -2.12. The fourth-order valence-electron chi connectivity index (χ4n) is 2.18. The minimum Gasteiger partial charge on any atom is -0.449 e. The van der Waals surface area contributed by atoms with E-state index in [2.05, 4.69) is 34.4 Å². The Morgan fingerprint density at radius 3 is 2.57 bits per heavy atom. The van der Waals surface area contributed by atoms with E-state index in [-0.39, 0.29) is 0 Å². The number of rotatable bonds is 5. The van der Waals surface area contributed by atoms with Crippen molar-refractivity contribution >= 4 is 11.3 Å². The van der Waals surface area contributed by atoms with Crippen molar-refractivity contribution in [3.8, 4) is 10.6 Å². The first kappa shape index (κ1) is 14.0. The molecule has 1 aromatic carbocycles. The minimum atomic E-state index is 0.707. The SMILES string of the molecule is Cc1nc(CN(C)Cc2csc(-c3ccccc3)n2)co1. The summed E-state index contributed by atoms with van der Waals surface area (Å²) >= 11 is 1.68. The van der Waals surface area contributed by atoms with Crippen LogP contribution in [-0.4, -0.2) is 21.9 Å². The van der Waals surface area contributed by atoms with Crippen LogP contribution in [0.5, 0.6) is 0 Å². The van der Waals surface area contributed by atoms with Crippen LogP contribution in [0.25, 0.3) is 10.6 Å². The van der Waals surface area contributed by atoms with Crippen molar-refractivity contribution in [2.75, 3.05) is 7.05 Å². The van der Waals surface area contributed by atoms with E-state index in [1.165, 1.54) is 5.56 Å². The van der Waals surface area contributed by atoms with Gasteiger partial charge in [0.05, 0.1) is 11.4 Å². The van der Waals surface area contributed by atoms with Gasteiger partial charge in [-0.1, -0.05) is 30.3 Å². The number of nitrogens with zero attached hydrogens (tertiary/aromatic N) is 3. The third-order valence-electron chi connectivity index (χ3n) is 3.10. The first-order chi connectivity index (χ1) is 10.2. The molecule has 0 amide bonds.